The van der Waals surface area contributed by atoms with Crippen molar-refractivity contribution in [1.29, 1.82) is 0 Å². The Hall–Kier alpha value is -1.75. The minimum Gasteiger partial charge on any atom is -0.439 e. The lowest BCUT2D eigenvalue weighted by atomic mass is 10.2. The molecular formula is C13H9ClF3NO. The first-order chi connectivity index (χ1) is 8.99. The summed E-state index contributed by atoms with van der Waals surface area (Å²) in [5.41, 5.74) is 0.0112. The average molecular weight is 288 g/mol. The normalized spacial score (nSPS) is 11.4. The summed E-state index contributed by atoms with van der Waals surface area (Å²) >= 11 is 5.65. The van der Waals surface area contributed by atoms with Crippen molar-refractivity contribution < 1.29 is 17.9 Å². The molecule has 0 aliphatic heterocycles. The van der Waals surface area contributed by atoms with Crippen molar-refractivity contribution in [3.8, 4) is 11.6 Å². The molecule has 0 atom stereocenters. The van der Waals surface area contributed by atoms with Gasteiger partial charge in [0, 0.05) is 18.1 Å². The molecule has 2 rings (SSSR count). The first-order valence-corrected chi connectivity index (χ1v) is 5.88. The van der Waals surface area contributed by atoms with Gasteiger partial charge in [0.25, 0.3) is 0 Å². The van der Waals surface area contributed by atoms with Crippen molar-refractivity contribution >= 4 is 11.6 Å². The summed E-state index contributed by atoms with van der Waals surface area (Å²) in [4.78, 5) is 3.91. The van der Waals surface area contributed by atoms with Gasteiger partial charge in [-0.25, -0.2) is 4.98 Å². The third-order valence-corrected chi connectivity index (χ3v) is 2.65. The molecule has 0 saturated heterocycles. The van der Waals surface area contributed by atoms with Crippen molar-refractivity contribution in [2.24, 2.45) is 0 Å². The Morgan fingerprint density at radius 2 is 1.95 bits per heavy atom. The summed E-state index contributed by atoms with van der Waals surface area (Å²) in [5.74, 6) is 0.563. The molecule has 0 bridgehead atoms. The maximum atomic E-state index is 12.5. The van der Waals surface area contributed by atoms with Crippen LogP contribution >= 0.6 is 11.6 Å². The number of hydrogen-bond donors (Lipinski definition) is 0. The lowest BCUT2D eigenvalue weighted by molar-refractivity contribution is -0.137. The molecule has 1 aromatic heterocycles. The second kappa shape index (κ2) is 5.48. The molecule has 0 amide bonds. The summed E-state index contributed by atoms with van der Waals surface area (Å²) in [5, 5.41) is 0. The number of ether oxygens (including phenoxy) is 1. The molecule has 0 unspecified atom stereocenters. The van der Waals surface area contributed by atoms with Gasteiger partial charge in [0.05, 0.1) is 5.56 Å². The van der Waals surface area contributed by atoms with Crippen LogP contribution in [0.1, 0.15) is 11.1 Å². The maximum Gasteiger partial charge on any atom is 0.416 e. The maximum absolute atomic E-state index is 12.5. The van der Waals surface area contributed by atoms with Crippen LogP contribution in [-0.2, 0) is 12.1 Å². The number of nitrogens with zero attached hydrogens (tertiary/aromatic N) is 1. The summed E-state index contributed by atoms with van der Waals surface area (Å²) in [6, 6.07) is 7.90. The zero-order valence-electron chi connectivity index (χ0n) is 9.62. The van der Waals surface area contributed by atoms with Gasteiger partial charge in [0.1, 0.15) is 5.75 Å². The molecule has 6 heteroatoms. The molecule has 0 spiro atoms. The molecule has 0 N–H and O–H groups in total. The van der Waals surface area contributed by atoms with Crippen LogP contribution in [-0.4, -0.2) is 4.98 Å². The molecule has 0 radical (unpaired) electrons. The number of halogens is 4. The van der Waals surface area contributed by atoms with Crippen molar-refractivity contribution in [3.63, 3.8) is 0 Å². The van der Waals surface area contributed by atoms with Crippen LogP contribution in [0, 0.1) is 0 Å². The van der Waals surface area contributed by atoms with E-state index in [-0.39, 0.29) is 17.5 Å². The van der Waals surface area contributed by atoms with Gasteiger partial charge in [-0.3, -0.25) is 0 Å². The van der Waals surface area contributed by atoms with Crippen LogP contribution in [0.25, 0.3) is 0 Å². The average Bonchev–Trinajstić information content (AvgIpc) is 2.38. The van der Waals surface area contributed by atoms with E-state index in [2.05, 4.69) is 4.98 Å². The van der Waals surface area contributed by atoms with E-state index in [0.29, 0.717) is 0 Å². The quantitative estimate of drug-likeness (QED) is 0.768. The summed E-state index contributed by atoms with van der Waals surface area (Å²) in [6.45, 7) is 0. The number of benzene rings is 1. The third kappa shape index (κ3) is 3.61. The number of aromatic nitrogens is 1. The van der Waals surface area contributed by atoms with E-state index in [1.54, 1.807) is 12.1 Å². The lowest BCUT2D eigenvalue weighted by Gasteiger charge is -2.09. The number of pyridine rings is 1. The number of rotatable bonds is 3. The summed E-state index contributed by atoms with van der Waals surface area (Å²) in [7, 11) is 0. The highest BCUT2D eigenvalue weighted by Crippen LogP contribution is 2.32. The van der Waals surface area contributed by atoms with Crippen LogP contribution in [0.4, 0.5) is 13.2 Å². The zero-order chi connectivity index (χ0) is 13.9. The van der Waals surface area contributed by atoms with Crippen molar-refractivity contribution in [2.75, 3.05) is 0 Å². The molecule has 1 heterocycles. The van der Waals surface area contributed by atoms with Crippen molar-refractivity contribution in [3.05, 3.63) is 53.7 Å². The highest BCUT2D eigenvalue weighted by molar-refractivity contribution is 6.17. The Morgan fingerprint density at radius 3 is 2.63 bits per heavy atom. The Morgan fingerprint density at radius 1 is 1.16 bits per heavy atom. The van der Waals surface area contributed by atoms with Crippen LogP contribution in [0.2, 0.25) is 0 Å². The molecular weight excluding hydrogens is 279 g/mol. The lowest BCUT2D eigenvalue weighted by Crippen LogP contribution is -2.04. The van der Waals surface area contributed by atoms with Crippen molar-refractivity contribution in [1.82, 2.24) is 4.98 Å². The minimum atomic E-state index is -4.40. The molecule has 0 aliphatic carbocycles. The van der Waals surface area contributed by atoms with Gasteiger partial charge in [-0.05, 0) is 29.8 Å². The standard InChI is InChI=1S/C13H9ClF3NO/c14-8-9-4-5-18-12(6-9)19-11-3-1-2-10(7-11)13(15,16)17/h1-7H,8H2. The molecule has 100 valence electrons. The van der Waals surface area contributed by atoms with E-state index in [9.17, 15) is 13.2 Å². The molecule has 0 aliphatic rings. The summed E-state index contributed by atoms with van der Waals surface area (Å²) in [6.07, 6.45) is -2.91. The Balaban J connectivity index is 2.23. The van der Waals surface area contributed by atoms with Crippen LogP contribution < -0.4 is 4.74 Å². The van der Waals surface area contributed by atoms with E-state index >= 15 is 0 Å². The minimum absolute atomic E-state index is 0.0778. The predicted octanol–water partition coefficient (Wildman–Crippen LogP) is 4.63. The summed E-state index contributed by atoms with van der Waals surface area (Å²) < 4.78 is 42.9. The molecule has 0 saturated carbocycles. The van der Waals surface area contributed by atoms with E-state index in [1.807, 2.05) is 0 Å². The van der Waals surface area contributed by atoms with E-state index in [0.717, 1.165) is 17.7 Å². The molecule has 2 aromatic rings. The second-order valence-corrected chi connectivity index (χ2v) is 4.03. The van der Waals surface area contributed by atoms with Gasteiger partial charge in [-0.1, -0.05) is 6.07 Å². The third-order valence-electron chi connectivity index (χ3n) is 2.34. The molecule has 19 heavy (non-hydrogen) atoms. The molecule has 1 aromatic carbocycles. The van der Waals surface area contributed by atoms with Crippen LogP contribution in [0.15, 0.2) is 42.6 Å². The van der Waals surface area contributed by atoms with Crippen molar-refractivity contribution in [2.45, 2.75) is 12.1 Å². The highest BCUT2D eigenvalue weighted by Gasteiger charge is 2.30. The SMILES string of the molecule is FC(F)(F)c1cccc(Oc2cc(CCl)ccn2)c1. The first kappa shape index (κ1) is 13.7. The monoisotopic (exact) mass is 287 g/mol. The van der Waals surface area contributed by atoms with E-state index < -0.39 is 11.7 Å². The zero-order valence-corrected chi connectivity index (χ0v) is 10.4. The fourth-order valence-electron chi connectivity index (χ4n) is 1.45. The van der Waals surface area contributed by atoms with Gasteiger partial charge in [-0.2, -0.15) is 13.2 Å². The molecule has 0 fully saturated rings. The van der Waals surface area contributed by atoms with Gasteiger partial charge in [-0.15, -0.1) is 11.6 Å². The topological polar surface area (TPSA) is 22.1 Å². The fraction of sp³-hybridized carbons (Fsp3) is 0.154. The van der Waals surface area contributed by atoms with E-state index in [1.165, 1.54) is 18.3 Å². The van der Waals surface area contributed by atoms with E-state index in [4.69, 9.17) is 16.3 Å². The number of alkyl halides is 4. The first-order valence-electron chi connectivity index (χ1n) is 5.35. The predicted molar refractivity (Wildman–Crippen MR) is 65.3 cm³/mol. The smallest absolute Gasteiger partial charge is 0.416 e. The largest absolute Gasteiger partial charge is 0.439 e. The van der Waals surface area contributed by atoms with Gasteiger partial charge in [0.15, 0.2) is 0 Å². The molecule has 2 nitrogen and oxygen atoms in total. The van der Waals surface area contributed by atoms with Gasteiger partial charge < -0.3 is 4.74 Å². The Bertz CT molecular complexity index is 572. The van der Waals surface area contributed by atoms with Gasteiger partial charge >= 0.3 is 6.18 Å². The number of hydrogen-bond acceptors (Lipinski definition) is 2. The van der Waals surface area contributed by atoms with Crippen LogP contribution in [0.3, 0.4) is 0 Å². The highest BCUT2D eigenvalue weighted by atomic mass is 35.5. The van der Waals surface area contributed by atoms with Gasteiger partial charge in [0.2, 0.25) is 5.88 Å². The van der Waals surface area contributed by atoms with Crippen LogP contribution in [0.5, 0.6) is 11.6 Å². The fourth-order valence-corrected chi connectivity index (χ4v) is 1.61. The Kier molecular flexibility index (Phi) is 3.95. The second-order valence-electron chi connectivity index (χ2n) is 3.76. The Labute approximate surface area is 112 Å².